The minimum atomic E-state index is -2.54. The summed E-state index contributed by atoms with van der Waals surface area (Å²) in [7, 11) is 2.24. The van der Waals surface area contributed by atoms with E-state index in [-0.39, 0.29) is 5.97 Å². The van der Waals surface area contributed by atoms with E-state index in [1.165, 1.54) is 6.42 Å². The molecule has 3 atom stereocenters. The van der Waals surface area contributed by atoms with Gasteiger partial charge >= 0.3 is 14.8 Å². The lowest BCUT2D eigenvalue weighted by Crippen LogP contribution is -2.42. The SMILES string of the molecule is CO[Si](CCCOC(=O)CC1CC2C=CC1C2)(OC)OC. The van der Waals surface area contributed by atoms with Crippen molar-refractivity contribution in [3.05, 3.63) is 12.2 Å². The summed E-state index contributed by atoms with van der Waals surface area (Å²) < 4.78 is 21.3. The van der Waals surface area contributed by atoms with Gasteiger partial charge in [-0.2, -0.15) is 0 Å². The molecule has 1 saturated carbocycles. The van der Waals surface area contributed by atoms with Gasteiger partial charge in [0, 0.05) is 33.8 Å². The Morgan fingerprint density at radius 3 is 2.38 bits per heavy atom. The normalized spacial score (nSPS) is 27.3. The fourth-order valence-electron chi connectivity index (χ4n) is 3.43. The average molecular weight is 314 g/mol. The van der Waals surface area contributed by atoms with Crippen LogP contribution in [0, 0.1) is 17.8 Å². The van der Waals surface area contributed by atoms with E-state index in [0.717, 1.165) is 6.42 Å². The second-order valence-corrected chi connectivity index (χ2v) is 8.95. The summed E-state index contributed by atoms with van der Waals surface area (Å²) in [4.78, 5) is 11.9. The molecule has 0 aromatic carbocycles. The van der Waals surface area contributed by atoms with Crippen molar-refractivity contribution in [3.8, 4) is 0 Å². The summed E-state index contributed by atoms with van der Waals surface area (Å²) in [5.74, 6) is 1.70. The predicted molar refractivity (Wildman–Crippen MR) is 80.6 cm³/mol. The fraction of sp³-hybridized carbons (Fsp3) is 0.800. The number of esters is 1. The monoisotopic (exact) mass is 314 g/mol. The molecule has 2 aliphatic rings. The Kier molecular flexibility index (Phi) is 5.98. The topological polar surface area (TPSA) is 54.0 Å². The lowest BCUT2D eigenvalue weighted by molar-refractivity contribution is -0.145. The van der Waals surface area contributed by atoms with Crippen LogP contribution in [0.3, 0.4) is 0 Å². The van der Waals surface area contributed by atoms with Gasteiger partial charge in [-0.25, -0.2) is 0 Å². The Morgan fingerprint density at radius 1 is 1.14 bits per heavy atom. The Morgan fingerprint density at radius 2 is 1.86 bits per heavy atom. The predicted octanol–water partition coefficient (Wildman–Crippen LogP) is 2.40. The van der Waals surface area contributed by atoms with Crippen molar-refractivity contribution in [2.45, 2.75) is 31.7 Å². The van der Waals surface area contributed by atoms with Crippen molar-refractivity contribution in [1.29, 1.82) is 0 Å². The van der Waals surface area contributed by atoms with Crippen LogP contribution in [0.4, 0.5) is 0 Å². The zero-order valence-electron chi connectivity index (χ0n) is 13.2. The molecule has 21 heavy (non-hydrogen) atoms. The highest BCUT2D eigenvalue weighted by Crippen LogP contribution is 2.44. The Balaban J connectivity index is 1.62. The van der Waals surface area contributed by atoms with Crippen molar-refractivity contribution in [1.82, 2.24) is 0 Å². The lowest BCUT2D eigenvalue weighted by atomic mass is 9.91. The molecule has 0 heterocycles. The Labute approximate surface area is 128 Å². The molecule has 2 aliphatic carbocycles. The van der Waals surface area contributed by atoms with Crippen molar-refractivity contribution >= 4 is 14.8 Å². The molecule has 5 nitrogen and oxygen atoms in total. The van der Waals surface area contributed by atoms with Gasteiger partial charge in [-0.3, -0.25) is 4.79 Å². The van der Waals surface area contributed by atoms with Crippen LogP contribution in [0.25, 0.3) is 0 Å². The second-order valence-electron chi connectivity index (χ2n) is 5.86. The zero-order valence-corrected chi connectivity index (χ0v) is 14.2. The largest absolute Gasteiger partial charge is 0.500 e. The molecule has 2 rings (SSSR count). The maximum atomic E-state index is 11.9. The summed E-state index contributed by atoms with van der Waals surface area (Å²) in [5, 5.41) is 0. The first kappa shape index (κ1) is 16.7. The van der Waals surface area contributed by atoms with E-state index in [4.69, 9.17) is 18.0 Å². The minimum Gasteiger partial charge on any atom is -0.466 e. The lowest BCUT2D eigenvalue weighted by Gasteiger charge is -2.24. The van der Waals surface area contributed by atoms with E-state index >= 15 is 0 Å². The number of carbonyl (C=O) groups is 1. The third-order valence-electron chi connectivity index (χ3n) is 4.67. The first-order valence-corrected chi connectivity index (χ1v) is 9.55. The van der Waals surface area contributed by atoms with Gasteiger partial charge in [0.05, 0.1) is 6.61 Å². The highest BCUT2D eigenvalue weighted by Gasteiger charge is 2.38. The molecular formula is C15H26O5Si. The van der Waals surface area contributed by atoms with E-state index in [1.807, 2.05) is 0 Å². The van der Waals surface area contributed by atoms with Gasteiger partial charge in [0.15, 0.2) is 0 Å². The van der Waals surface area contributed by atoms with E-state index in [2.05, 4.69) is 12.2 Å². The molecule has 3 unspecified atom stereocenters. The molecule has 1 fully saturated rings. The van der Waals surface area contributed by atoms with Gasteiger partial charge < -0.3 is 18.0 Å². The molecule has 0 aromatic rings. The fourth-order valence-corrected chi connectivity index (χ4v) is 5.12. The molecule has 0 saturated heterocycles. The summed E-state index contributed by atoms with van der Waals surface area (Å²) in [6.07, 6.45) is 8.17. The molecule has 6 heteroatoms. The van der Waals surface area contributed by atoms with Gasteiger partial charge in [-0.1, -0.05) is 12.2 Å². The van der Waals surface area contributed by atoms with Crippen LogP contribution in [0.1, 0.15) is 25.7 Å². The number of allylic oxidation sites excluding steroid dienone is 2. The van der Waals surface area contributed by atoms with Crippen LogP contribution in [0.15, 0.2) is 12.2 Å². The highest BCUT2D eigenvalue weighted by atomic mass is 28.4. The number of carbonyl (C=O) groups excluding carboxylic acids is 1. The third-order valence-corrected chi connectivity index (χ3v) is 7.50. The highest BCUT2D eigenvalue weighted by molar-refractivity contribution is 6.60. The van der Waals surface area contributed by atoms with Crippen LogP contribution in [-0.4, -0.2) is 42.7 Å². The quantitative estimate of drug-likeness (QED) is 0.283. The average Bonchev–Trinajstić information content (AvgIpc) is 3.11. The van der Waals surface area contributed by atoms with Crippen molar-refractivity contribution in [3.63, 3.8) is 0 Å². The molecule has 0 radical (unpaired) electrons. The first-order valence-electron chi connectivity index (χ1n) is 7.62. The molecule has 0 N–H and O–H groups in total. The van der Waals surface area contributed by atoms with E-state index < -0.39 is 8.80 Å². The molecule has 2 bridgehead atoms. The minimum absolute atomic E-state index is 0.0829. The van der Waals surface area contributed by atoms with Crippen LogP contribution in [0.2, 0.25) is 6.04 Å². The number of ether oxygens (including phenoxy) is 1. The van der Waals surface area contributed by atoms with Gasteiger partial charge in [-0.05, 0) is 37.0 Å². The van der Waals surface area contributed by atoms with Gasteiger partial charge in [0.2, 0.25) is 0 Å². The summed E-state index contributed by atoms with van der Waals surface area (Å²) in [5.41, 5.74) is 0. The Bertz CT molecular complexity index is 372. The van der Waals surface area contributed by atoms with E-state index in [9.17, 15) is 4.79 Å². The standard InChI is InChI=1S/C15H26O5Si/c1-17-21(18-2,19-3)8-4-7-20-15(16)11-14-10-12-5-6-13(14)9-12/h5-6,12-14H,4,7-11H2,1-3H3. The third kappa shape index (κ3) is 4.16. The van der Waals surface area contributed by atoms with Crippen molar-refractivity contribution in [2.24, 2.45) is 17.8 Å². The van der Waals surface area contributed by atoms with Gasteiger partial charge in [-0.15, -0.1) is 0 Å². The molecule has 0 aliphatic heterocycles. The number of hydrogen-bond acceptors (Lipinski definition) is 5. The molecule has 0 spiro atoms. The van der Waals surface area contributed by atoms with Gasteiger partial charge in [0.25, 0.3) is 0 Å². The first-order chi connectivity index (χ1) is 10.1. The molecule has 120 valence electrons. The van der Waals surface area contributed by atoms with Gasteiger partial charge in [0.1, 0.15) is 0 Å². The van der Waals surface area contributed by atoms with Crippen molar-refractivity contribution in [2.75, 3.05) is 27.9 Å². The molecule has 0 amide bonds. The summed E-state index contributed by atoms with van der Waals surface area (Å²) in [6.45, 7) is 0.403. The van der Waals surface area contributed by atoms with E-state index in [1.54, 1.807) is 21.3 Å². The second kappa shape index (κ2) is 7.53. The van der Waals surface area contributed by atoms with Crippen LogP contribution in [0.5, 0.6) is 0 Å². The maximum Gasteiger partial charge on any atom is 0.500 e. The van der Waals surface area contributed by atoms with Crippen molar-refractivity contribution < 1.29 is 22.8 Å². The number of hydrogen-bond donors (Lipinski definition) is 0. The summed E-state index contributed by atoms with van der Waals surface area (Å²) >= 11 is 0. The number of rotatable bonds is 9. The maximum absolute atomic E-state index is 11.9. The number of fused-ring (bicyclic) bond motifs is 2. The van der Waals surface area contributed by atoms with Crippen LogP contribution < -0.4 is 0 Å². The zero-order chi connectivity index (χ0) is 15.3. The van der Waals surface area contributed by atoms with E-state index in [0.29, 0.717) is 43.2 Å². The van der Waals surface area contributed by atoms with Crippen LogP contribution >= 0.6 is 0 Å². The molecular weight excluding hydrogens is 288 g/mol. The molecule has 0 aromatic heterocycles. The van der Waals surface area contributed by atoms with Crippen LogP contribution in [-0.2, 0) is 22.8 Å². The summed E-state index contributed by atoms with van der Waals surface area (Å²) in [6, 6.07) is 0.653. The smallest absolute Gasteiger partial charge is 0.466 e. The Hall–Kier alpha value is -0.693.